The summed E-state index contributed by atoms with van der Waals surface area (Å²) in [7, 11) is 0. The first-order valence-electron chi connectivity index (χ1n) is 7.48. The molecule has 0 aromatic carbocycles. The van der Waals surface area contributed by atoms with Crippen LogP contribution in [0.1, 0.15) is 0 Å². The van der Waals surface area contributed by atoms with Crippen molar-refractivity contribution in [2.24, 2.45) is 10.7 Å². The molecule has 0 amide bonds. The van der Waals surface area contributed by atoms with Gasteiger partial charge in [-0.2, -0.15) is 0 Å². The normalized spacial score (nSPS) is 22.9. The summed E-state index contributed by atoms with van der Waals surface area (Å²) in [5.41, 5.74) is 5.86. The first-order valence-corrected chi connectivity index (χ1v) is 7.48. The van der Waals surface area contributed by atoms with E-state index in [4.69, 9.17) is 15.2 Å². The van der Waals surface area contributed by atoms with Gasteiger partial charge in [-0.3, -0.25) is 14.8 Å². The van der Waals surface area contributed by atoms with Crippen molar-refractivity contribution in [3.8, 4) is 0 Å². The van der Waals surface area contributed by atoms with Gasteiger partial charge >= 0.3 is 0 Å². The topological polar surface area (TPSA) is 75.3 Å². The molecule has 0 spiro atoms. The Hall–Kier alpha value is -0.890. The van der Waals surface area contributed by atoms with Crippen LogP contribution < -0.4 is 11.1 Å². The third-order valence-electron chi connectivity index (χ3n) is 3.64. The van der Waals surface area contributed by atoms with E-state index >= 15 is 0 Å². The van der Waals surface area contributed by atoms with Crippen LogP contribution in [0.25, 0.3) is 0 Å². The lowest BCUT2D eigenvalue weighted by Gasteiger charge is -2.26. The zero-order valence-corrected chi connectivity index (χ0v) is 12.2. The van der Waals surface area contributed by atoms with Crippen molar-refractivity contribution in [1.29, 1.82) is 0 Å². The molecule has 0 radical (unpaired) electrons. The summed E-state index contributed by atoms with van der Waals surface area (Å²) < 4.78 is 10.6. The molecular formula is C13H27N5O2. The van der Waals surface area contributed by atoms with Crippen LogP contribution >= 0.6 is 0 Å². The number of ether oxygens (including phenoxy) is 2. The van der Waals surface area contributed by atoms with E-state index in [1.54, 1.807) is 0 Å². The van der Waals surface area contributed by atoms with E-state index in [0.717, 1.165) is 78.8 Å². The van der Waals surface area contributed by atoms with Crippen LogP contribution in [0.4, 0.5) is 0 Å². The van der Waals surface area contributed by atoms with Crippen molar-refractivity contribution in [2.45, 2.75) is 0 Å². The molecule has 0 aromatic heterocycles. The van der Waals surface area contributed by atoms with Crippen molar-refractivity contribution < 1.29 is 9.47 Å². The fourth-order valence-electron chi connectivity index (χ4n) is 2.36. The van der Waals surface area contributed by atoms with Gasteiger partial charge in [-0.15, -0.1) is 0 Å². The number of rotatable bonds is 6. The molecule has 0 aromatic rings. The van der Waals surface area contributed by atoms with Crippen molar-refractivity contribution >= 4 is 5.96 Å². The minimum Gasteiger partial charge on any atom is -0.379 e. The van der Waals surface area contributed by atoms with Crippen molar-refractivity contribution in [1.82, 2.24) is 15.1 Å². The summed E-state index contributed by atoms with van der Waals surface area (Å²) in [6.45, 7) is 10.9. The molecule has 2 fully saturated rings. The lowest BCUT2D eigenvalue weighted by atomic mass is 10.4. The van der Waals surface area contributed by atoms with Crippen LogP contribution in [0.15, 0.2) is 4.99 Å². The van der Waals surface area contributed by atoms with Crippen LogP contribution in [-0.4, -0.2) is 94.5 Å². The molecule has 7 nitrogen and oxygen atoms in total. The number of nitrogens with one attached hydrogen (secondary N) is 1. The molecule has 2 aliphatic heterocycles. The Bertz CT molecular complexity index is 288. The summed E-state index contributed by atoms with van der Waals surface area (Å²) >= 11 is 0. The van der Waals surface area contributed by atoms with Gasteiger partial charge < -0.3 is 20.5 Å². The first-order chi connectivity index (χ1) is 9.84. The number of guanidine groups is 1. The van der Waals surface area contributed by atoms with Crippen molar-refractivity contribution in [3.63, 3.8) is 0 Å². The number of morpholine rings is 2. The van der Waals surface area contributed by atoms with Gasteiger partial charge in [0.05, 0.1) is 33.0 Å². The zero-order chi connectivity index (χ0) is 14.0. The van der Waals surface area contributed by atoms with Gasteiger partial charge in [0.2, 0.25) is 0 Å². The largest absolute Gasteiger partial charge is 0.379 e. The second-order valence-corrected chi connectivity index (χ2v) is 5.10. The molecule has 2 rings (SSSR count). The highest BCUT2D eigenvalue weighted by Crippen LogP contribution is 1.96. The first kappa shape index (κ1) is 15.5. The second kappa shape index (κ2) is 9.12. The molecule has 2 aliphatic rings. The molecule has 2 saturated heterocycles. The summed E-state index contributed by atoms with van der Waals surface area (Å²) in [5, 5.41) is 3.17. The number of hydrogen-bond donors (Lipinski definition) is 2. The van der Waals surface area contributed by atoms with Crippen LogP contribution in [0, 0.1) is 0 Å². The number of aliphatic imine (C=N–C) groups is 1. The van der Waals surface area contributed by atoms with Gasteiger partial charge in [-0.05, 0) is 0 Å². The summed E-state index contributed by atoms with van der Waals surface area (Å²) in [4.78, 5) is 9.09. The van der Waals surface area contributed by atoms with Gasteiger partial charge in [0.1, 0.15) is 0 Å². The average molecular weight is 285 g/mol. The highest BCUT2D eigenvalue weighted by Gasteiger charge is 2.10. The van der Waals surface area contributed by atoms with E-state index in [0.29, 0.717) is 5.96 Å². The standard InChI is InChI=1S/C13H27N5O2/c14-13(15-1-3-17-5-9-19-10-6-17)16-2-4-18-7-11-20-12-8-18/h1-12H2,(H3,14,15,16). The quantitative estimate of drug-likeness (QED) is 0.460. The minimum absolute atomic E-state index is 0.548. The summed E-state index contributed by atoms with van der Waals surface area (Å²) in [5.74, 6) is 0.548. The van der Waals surface area contributed by atoms with Gasteiger partial charge in [-0.25, -0.2) is 0 Å². The van der Waals surface area contributed by atoms with E-state index in [-0.39, 0.29) is 0 Å². The molecule has 3 N–H and O–H groups in total. The SMILES string of the molecule is NC(=NCCN1CCOCC1)NCCN1CCOCC1. The van der Waals surface area contributed by atoms with Crippen LogP contribution in [0.3, 0.4) is 0 Å². The highest BCUT2D eigenvalue weighted by atomic mass is 16.5. The van der Waals surface area contributed by atoms with Crippen molar-refractivity contribution in [3.05, 3.63) is 0 Å². The number of hydrogen-bond acceptors (Lipinski definition) is 5. The van der Waals surface area contributed by atoms with Crippen LogP contribution in [-0.2, 0) is 9.47 Å². The fraction of sp³-hybridized carbons (Fsp3) is 0.923. The summed E-state index contributed by atoms with van der Waals surface area (Å²) in [6.07, 6.45) is 0. The molecule has 0 saturated carbocycles. The Kier molecular flexibility index (Phi) is 7.07. The van der Waals surface area contributed by atoms with E-state index in [1.165, 1.54) is 0 Å². The molecule has 7 heteroatoms. The number of nitrogens with two attached hydrogens (primary N) is 1. The lowest BCUT2D eigenvalue weighted by Crippen LogP contribution is -2.43. The molecular weight excluding hydrogens is 258 g/mol. The Morgan fingerprint density at radius 1 is 0.950 bits per heavy atom. The Morgan fingerprint density at radius 3 is 2.10 bits per heavy atom. The van der Waals surface area contributed by atoms with Gasteiger partial charge in [0.15, 0.2) is 5.96 Å². The molecule has 0 bridgehead atoms. The summed E-state index contributed by atoms with van der Waals surface area (Å²) in [6, 6.07) is 0. The third-order valence-corrected chi connectivity index (χ3v) is 3.64. The van der Waals surface area contributed by atoms with Gasteiger partial charge in [-0.1, -0.05) is 0 Å². The van der Waals surface area contributed by atoms with Gasteiger partial charge in [0.25, 0.3) is 0 Å². The molecule has 20 heavy (non-hydrogen) atoms. The van der Waals surface area contributed by atoms with Gasteiger partial charge in [0, 0.05) is 45.8 Å². The fourth-order valence-corrected chi connectivity index (χ4v) is 2.36. The molecule has 116 valence electrons. The Labute approximate surface area is 121 Å². The Balaban J connectivity index is 1.51. The molecule has 0 aliphatic carbocycles. The molecule has 0 atom stereocenters. The highest BCUT2D eigenvalue weighted by molar-refractivity contribution is 5.77. The smallest absolute Gasteiger partial charge is 0.188 e. The van der Waals surface area contributed by atoms with Crippen LogP contribution in [0.5, 0.6) is 0 Å². The third kappa shape index (κ3) is 6.04. The Morgan fingerprint density at radius 2 is 1.50 bits per heavy atom. The van der Waals surface area contributed by atoms with E-state index in [1.807, 2.05) is 0 Å². The van der Waals surface area contributed by atoms with Crippen molar-refractivity contribution in [2.75, 3.05) is 78.8 Å². The maximum Gasteiger partial charge on any atom is 0.188 e. The predicted octanol–water partition coefficient (Wildman–Crippen LogP) is -1.44. The minimum atomic E-state index is 0.548. The number of nitrogens with zero attached hydrogens (tertiary/aromatic N) is 3. The molecule has 0 unspecified atom stereocenters. The monoisotopic (exact) mass is 285 g/mol. The maximum atomic E-state index is 5.86. The lowest BCUT2D eigenvalue weighted by molar-refractivity contribution is 0.0389. The second-order valence-electron chi connectivity index (χ2n) is 5.10. The van der Waals surface area contributed by atoms with E-state index in [2.05, 4.69) is 20.1 Å². The molecule has 2 heterocycles. The predicted molar refractivity (Wildman–Crippen MR) is 79.0 cm³/mol. The zero-order valence-electron chi connectivity index (χ0n) is 12.2. The average Bonchev–Trinajstić information content (AvgIpc) is 2.49. The van der Waals surface area contributed by atoms with E-state index < -0.39 is 0 Å². The van der Waals surface area contributed by atoms with Crippen LogP contribution in [0.2, 0.25) is 0 Å². The maximum absolute atomic E-state index is 5.86. The van der Waals surface area contributed by atoms with E-state index in [9.17, 15) is 0 Å².